The number of aliphatic hydroxyl groups excluding tert-OH is 2. The van der Waals surface area contributed by atoms with Crippen LogP contribution in [0.2, 0.25) is 0 Å². The van der Waals surface area contributed by atoms with E-state index in [2.05, 4.69) is 0 Å². The Bertz CT molecular complexity index is 160. The zero-order chi connectivity index (χ0) is 8.27. The summed E-state index contributed by atoms with van der Waals surface area (Å²) in [5.74, 6) is 0.396. The highest BCUT2D eigenvalue weighted by atomic mass is 16.3. The van der Waals surface area contributed by atoms with E-state index in [9.17, 15) is 5.11 Å². The van der Waals surface area contributed by atoms with Gasteiger partial charge in [-0.2, -0.15) is 0 Å². The van der Waals surface area contributed by atoms with E-state index in [4.69, 9.17) is 5.11 Å². The number of aliphatic hydroxyl groups is 2. The molecule has 0 heterocycles. The van der Waals surface area contributed by atoms with Crippen LogP contribution in [0.4, 0.5) is 0 Å². The summed E-state index contributed by atoms with van der Waals surface area (Å²) in [6.45, 7) is 1.78. The average Bonchev–Trinajstić information content (AvgIpc) is 2.53. The average molecular weight is 154 g/mol. The summed E-state index contributed by atoms with van der Waals surface area (Å²) < 4.78 is 0. The molecule has 11 heavy (non-hydrogen) atoms. The summed E-state index contributed by atoms with van der Waals surface area (Å²) in [5.41, 5.74) is 0. The van der Waals surface area contributed by atoms with Gasteiger partial charge < -0.3 is 10.2 Å². The summed E-state index contributed by atoms with van der Waals surface area (Å²) in [6.07, 6.45) is 7.39. The lowest BCUT2D eigenvalue weighted by molar-refractivity contribution is 0.0450. The SMILES string of the molecule is CC(C1C=CC=C1)C(O)CO. The molecule has 2 nitrogen and oxygen atoms in total. The first kappa shape index (κ1) is 8.50. The highest BCUT2D eigenvalue weighted by Gasteiger charge is 2.20. The highest BCUT2D eigenvalue weighted by molar-refractivity contribution is 5.18. The molecular weight excluding hydrogens is 140 g/mol. The summed E-state index contributed by atoms with van der Waals surface area (Å²) in [7, 11) is 0. The third kappa shape index (κ3) is 1.91. The Labute approximate surface area is 66.9 Å². The van der Waals surface area contributed by atoms with Gasteiger partial charge in [0.15, 0.2) is 0 Å². The molecule has 0 spiro atoms. The van der Waals surface area contributed by atoms with Crippen LogP contribution in [-0.4, -0.2) is 22.9 Å². The zero-order valence-corrected chi connectivity index (χ0v) is 6.64. The molecule has 0 radical (unpaired) electrons. The molecule has 2 unspecified atom stereocenters. The first-order valence-corrected chi connectivity index (χ1v) is 3.89. The van der Waals surface area contributed by atoms with Gasteiger partial charge in [0.2, 0.25) is 0 Å². The second kappa shape index (κ2) is 3.69. The van der Waals surface area contributed by atoms with Crippen LogP contribution in [0, 0.1) is 11.8 Å². The second-order valence-electron chi connectivity index (χ2n) is 2.96. The second-order valence-corrected chi connectivity index (χ2v) is 2.96. The van der Waals surface area contributed by atoms with E-state index < -0.39 is 6.10 Å². The van der Waals surface area contributed by atoms with Crippen LogP contribution in [0.25, 0.3) is 0 Å². The molecule has 1 aliphatic carbocycles. The summed E-state index contributed by atoms with van der Waals surface area (Å²) in [6, 6.07) is 0. The Hall–Kier alpha value is -0.600. The third-order valence-corrected chi connectivity index (χ3v) is 2.18. The minimum Gasteiger partial charge on any atom is -0.394 e. The molecule has 0 bridgehead atoms. The van der Waals surface area contributed by atoms with Crippen molar-refractivity contribution in [1.29, 1.82) is 0 Å². The van der Waals surface area contributed by atoms with Crippen LogP contribution in [0.1, 0.15) is 6.92 Å². The number of allylic oxidation sites excluding steroid dienone is 4. The van der Waals surface area contributed by atoms with Gasteiger partial charge in [-0.25, -0.2) is 0 Å². The molecule has 2 N–H and O–H groups in total. The van der Waals surface area contributed by atoms with Crippen molar-refractivity contribution in [2.24, 2.45) is 11.8 Å². The molecule has 0 aliphatic heterocycles. The van der Waals surface area contributed by atoms with E-state index in [-0.39, 0.29) is 18.4 Å². The molecule has 0 saturated heterocycles. The Morgan fingerprint density at radius 2 is 1.91 bits per heavy atom. The van der Waals surface area contributed by atoms with Crippen molar-refractivity contribution in [1.82, 2.24) is 0 Å². The number of hydrogen-bond acceptors (Lipinski definition) is 2. The van der Waals surface area contributed by atoms with Crippen molar-refractivity contribution in [3.05, 3.63) is 24.3 Å². The van der Waals surface area contributed by atoms with Gasteiger partial charge in [-0.1, -0.05) is 31.2 Å². The minimum absolute atomic E-state index is 0.106. The van der Waals surface area contributed by atoms with Crippen molar-refractivity contribution >= 4 is 0 Å². The Morgan fingerprint density at radius 3 is 2.36 bits per heavy atom. The fourth-order valence-electron chi connectivity index (χ4n) is 1.22. The zero-order valence-electron chi connectivity index (χ0n) is 6.64. The van der Waals surface area contributed by atoms with Gasteiger partial charge in [0.1, 0.15) is 0 Å². The van der Waals surface area contributed by atoms with Gasteiger partial charge in [0, 0.05) is 5.92 Å². The van der Waals surface area contributed by atoms with Crippen molar-refractivity contribution in [2.45, 2.75) is 13.0 Å². The predicted octanol–water partition coefficient (Wildman–Crippen LogP) is 0.718. The Morgan fingerprint density at radius 1 is 1.36 bits per heavy atom. The summed E-state index contributed by atoms with van der Waals surface area (Å²) in [5, 5.41) is 17.9. The minimum atomic E-state index is -0.604. The summed E-state index contributed by atoms with van der Waals surface area (Å²) >= 11 is 0. The maximum atomic E-state index is 9.27. The van der Waals surface area contributed by atoms with E-state index in [0.717, 1.165) is 0 Å². The topological polar surface area (TPSA) is 40.5 Å². The number of hydrogen-bond donors (Lipinski definition) is 2. The van der Waals surface area contributed by atoms with Gasteiger partial charge >= 0.3 is 0 Å². The standard InChI is InChI=1S/C9H14O2/c1-7(9(11)6-10)8-4-2-3-5-8/h2-5,7-11H,6H2,1H3. The van der Waals surface area contributed by atoms with Crippen LogP contribution in [0.3, 0.4) is 0 Å². The summed E-state index contributed by atoms with van der Waals surface area (Å²) in [4.78, 5) is 0. The molecule has 0 saturated carbocycles. The molecule has 2 atom stereocenters. The largest absolute Gasteiger partial charge is 0.394 e. The van der Waals surface area contributed by atoms with Crippen LogP contribution < -0.4 is 0 Å². The highest BCUT2D eigenvalue weighted by Crippen LogP contribution is 2.21. The molecule has 0 aromatic rings. The predicted molar refractivity (Wildman–Crippen MR) is 44.0 cm³/mol. The van der Waals surface area contributed by atoms with Crippen LogP contribution in [0.15, 0.2) is 24.3 Å². The molecule has 62 valence electrons. The van der Waals surface area contributed by atoms with Crippen LogP contribution in [0.5, 0.6) is 0 Å². The van der Waals surface area contributed by atoms with Gasteiger partial charge in [-0.05, 0) is 5.92 Å². The molecule has 2 heteroatoms. The first-order valence-electron chi connectivity index (χ1n) is 3.89. The van der Waals surface area contributed by atoms with Gasteiger partial charge in [-0.15, -0.1) is 0 Å². The third-order valence-electron chi connectivity index (χ3n) is 2.18. The van der Waals surface area contributed by atoms with Gasteiger partial charge in [-0.3, -0.25) is 0 Å². The lowest BCUT2D eigenvalue weighted by Gasteiger charge is -2.20. The van der Waals surface area contributed by atoms with E-state index in [1.807, 2.05) is 31.2 Å². The number of rotatable bonds is 3. The molecule has 1 rings (SSSR count). The van der Waals surface area contributed by atoms with E-state index in [0.29, 0.717) is 0 Å². The maximum absolute atomic E-state index is 9.27. The van der Waals surface area contributed by atoms with E-state index in [1.165, 1.54) is 0 Å². The monoisotopic (exact) mass is 154 g/mol. The van der Waals surface area contributed by atoms with Crippen molar-refractivity contribution in [3.63, 3.8) is 0 Å². The molecule has 1 aliphatic rings. The van der Waals surface area contributed by atoms with Crippen LogP contribution in [-0.2, 0) is 0 Å². The first-order chi connectivity index (χ1) is 5.25. The van der Waals surface area contributed by atoms with Crippen molar-refractivity contribution in [2.75, 3.05) is 6.61 Å². The molecule has 0 aromatic carbocycles. The molecular formula is C9H14O2. The van der Waals surface area contributed by atoms with E-state index in [1.54, 1.807) is 0 Å². The molecule has 0 fully saturated rings. The smallest absolute Gasteiger partial charge is 0.0804 e. The fourth-order valence-corrected chi connectivity index (χ4v) is 1.22. The van der Waals surface area contributed by atoms with Gasteiger partial charge in [0.25, 0.3) is 0 Å². The Kier molecular flexibility index (Phi) is 2.85. The molecule has 0 amide bonds. The fraction of sp³-hybridized carbons (Fsp3) is 0.556. The van der Waals surface area contributed by atoms with E-state index >= 15 is 0 Å². The van der Waals surface area contributed by atoms with Gasteiger partial charge in [0.05, 0.1) is 12.7 Å². The lowest BCUT2D eigenvalue weighted by atomic mass is 9.91. The van der Waals surface area contributed by atoms with Crippen LogP contribution >= 0.6 is 0 Å². The maximum Gasteiger partial charge on any atom is 0.0804 e. The Balaban J connectivity index is 2.46. The van der Waals surface area contributed by atoms with Crippen molar-refractivity contribution in [3.8, 4) is 0 Å². The lowest BCUT2D eigenvalue weighted by Crippen LogP contribution is -2.26. The normalized spacial score (nSPS) is 22.5. The van der Waals surface area contributed by atoms with Crippen molar-refractivity contribution < 1.29 is 10.2 Å². The molecule has 0 aromatic heterocycles. The quantitative estimate of drug-likeness (QED) is 0.628.